The number of hydroxylamine groups is 1. The molecule has 1 aromatic carbocycles. The van der Waals surface area contributed by atoms with Gasteiger partial charge in [-0.15, -0.1) is 0 Å². The number of ether oxygens (including phenoxy) is 2. The van der Waals surface area contributed by atoms with E-state index in [2.05, 4.69) is 10.4 Å². The zero-order chi connectivity index (χ0) is 21.3. The molecule has 0 atom stereocenters. The summed E-state index contributed by atoms with van der Waals surface area (Å²) in [7, 11) is 0. The zero-order valence-electron chi connectivity index (χ0n) is 17.3. The van der Waals surface area contributed by atoms with Gasteiger partial charge in [-0.05, 0) is 70.2 Å². The molecule has 0 unspecified atom stereocenters. The molecule has 0 radical (unpaired) electrons. The smallest absolute Gasteiger partial charge is 0.431 e. The van der Waals surface area contributed by atoms with Gasteiger partial charge >= 0.3 is 12.1 Å². The quantitative estimate of drug-likeness (QED) is 0.403. The average molecular weight is 406 g/mol. The Hall–Kier alpha value is -2.61. The third-order valence-electron chi connectivity index (χ3n) is 4.54. The molecule has 0 spiro atoms. The Morgan fingerprint density at radius 1 is 1.17 bits per heavy atom. The van der Waals surface area contributed by atoms with Crippen molar-refractivity contribution in [3.8, 4) is 0 Å². The maximum atomic E-state index is 11.7. The number of carbonyl (C=O) groups is 3. The van der Waals surface area contributed by atoms with Crippen LogP contribution in [0, 0.1) is 5.92 Å². The maximum absolute atomic E-state index is 11.7. The first kappa shape index (κ1) is 22.7. The minimum absolute atomic E-state index is 0.327. The standard InChI is InChI=1S/C21H30N2O6/c1-21(2,3)29-20(26)22-28-15-19(25)27-13-10-16-8-11-23(12-9-16)18-6-4-17(14-24)5-7-18/h4-7,14,16H,8-13,15H2,1-3H3,(H,22,26). The van der Waals surface area contributed by atoms with Crippen molar-refractivity contribution in [3.05, 3.63) is 29.8 Å². The van der Waals surface area contributed by atoms with Gasteiger partial charge in [0.15, 0.2) is 6.61 Å². The molecule has 0 saturated carbocycles. The first-order chi connectivity index (χ1) is 13.8. The lowest BCUT2D eigenvalue weighted by molar-refractivity contribution is -0.151. The summed E-state index contributed by atoms with van der Waals surface area (Å²) in [5.74, 6) is -0.0390. The maximum Gasteiger partial charge on any atom is 0.431 e. The van der Waals surface area contributed by atoms with Crippen molar-refractivity contribution in [3.63, 3.8) is 0 Å². The molecule has 29 heavy (non-hydrogen) atoms. The van der Waals surface area contributed by atoms with E-state index < -0.39 is 17.7 Å². The van der Waals surface area contributed by atoms with Gasteiger partial charge in [-0.3, -0.25) is 9.63 Å². The van der Waals surface area contributed by atoms with Crippen LogP contribution in [0.3, 0.4) is 0 Å². The van der Waals surface area contributed by atoms with Crippen LogP contribution in [0.5, 0.6) is 0 Å². The summed E-state index contributed by atoms with van der Waals surface area (Å²) in [4.78, 5) is 40.9. The Bertz CT molecular complexity index is 675. The summed E-state index contributed by atoms with van der Waals surface area (Å²) in [5, 5.41) is 0. The fourth-order valence-corrected chi connectivity index (χ4v) is 3.08. The molecule has 0 bridgehead atoms. The number of carbonyl (C=O) groups excluding carboxylic acids is 3. The number of hydrogen-bond donors (Lipinski definition) is 1. The van der Waals surface area contributed by atoms with E-state index >= 15 is 0 Å². The van der Waals surface area contributed by atoms with Crippen LogP contribution in [0.15, 0.2) is 24.3 Å². The van der Waals surface area contributed by atoms with Crippen molar-refractivity contribution in [2.45, 2.75) is 45.6 Å². The lowest BCUT2D eigenvalue weighted by atomic mass is 9.93. The van der Waals surface area contributed by atoms with E-state index in [0.29, 0.717) is 18.1 Å². The lowest BCUT2D eigenvalue weighted by Gasteiger charge is -2.33. The summed E-state index contributed by atoms with van der Waals surface area (Å²) in [5.41, 5.74) is 3.21. The number of nitrogens with zero attached hydrogens (tertiary/aromatic N) is 1. The van der Waals surface area contributed by atoms with E-state index in [1.54, 1.807) is 20.8 Å². The molecular weight excluding hydrogens is 376 g/mol. The van der Waals surface area contributed by atoms with Gasteiger partial charge in [0, 0.05) is 24.3 Å². The molecule has 1 heterocycles. The summed E-state index contributed by atoms with van der Waals surface area (Å²) < 4.78 is 10.1. The van der Waals surface area contributed by atoms with Gasteiger partial charge in [-0.2, -0.15) is 5.48 Å². The Morgan fingerprint density at radius 2 is 1.83 bits per heavy atom. The first-order valence-corrected chi connectivity index (χ1v) is 9.83. The monoisotopic (exact) mass is 406 g/mol. The Kier molecular flexibility index (Phi) is 8.45. The fraction of sp³-hybridized carbons (Fsp3) is 0.571. The minimum atomic E-state index is -0.752. The predicted molar refractivity (Wildman–Crippen MR) is 108 cm³/mol. The molecule has 8 nitrogen and oxygen atoms in total. The average Bonchev–Trinajstić information content (AvgIpc) is 2.67. The third kappa shape index (κ3) is 8.51. The SMILES string of the molecule is CC(C)(C)OC(=O)NOCC(=O)OCCC1CCN(c2ccc(C=O)cc2)CC1. The largest absolute Gasteiger partial charge is 0.464 e. The van der Waals surface area contributed by atoms with E-state index in [-0.39, 0.29) is 6.61 Å². The van der Waals surface area contributed by atoms with Crippen LogP contribution < -0.4 is 10.4 Å². The van der Waals surface area contributed by atoms with Crippen LogP contribution in [-0.4, -0.2) is 50.3 Å². The molecular formula is C21H30N2O6. The molecule has 1 aromatic rings. The third-order valence-corrected chi connectivity index (χ3v) is 4.54. The fourth-order valence-electron chi connectivity index (χ4n) is 3.08. The number of anilines is 1. The topological polar surface area (TPSA) is 94.2 Å². The molecule has 8 heteroatoms. The van der Waals surface area contributed by atoms with E-state index in [1.165, 1.54) is 0 Å². The van der Waals surface area contributed by atoms with Crippen molar-refractivity contribution >= 4 is 24.0 Å². The van der Waals surface area contributed by atoms with Crippen molar-refractivity contribution in [1.29, 1.82) is 0 Å². The number of nitrogens with one attached hydrogen (secondary N) is 1. The number of rotatable bonds is 8. The van der Waals surface area contributed by atoms with Crippen LogP contribution >= 0.6 is 0 Å². The molecule has 1 aliphatic rings. The number of piperidine rings is 1. The van der Waals surface area contributed by atoms with Gasteiger partial charge in [0.05, 0.1) is 6.61 Å². The minimum Gasteiger partial charge on any atom is -0.464 e. The van der Waals surface area contributed by atoms with E-state index in [9.17, 15) is 14.4 Å². The van der Waals surface area contributed by atoms with Crippen LogP contribution in [0.4, 0.5) is 10.5 Å². The van der Waals surface area contributed by atoms with Gasteiger partial charge in [0.1, 0.15) is 11.9 Å². The summed E-state index contributed by atoms with van der Waals surface area (Å²) >= 11 is 0. The van der Waals surface area contributed by atoms with E-state index in [1.807, 2.05) is 24.3 Å². The van der Waals surface area contributed by atoms with Gasteiger partial charge in [0.2, 0.25) is 0 Å². The Balaban J connectivity index is 1.57. The highest BCUT2D eigenvalue weighted by atomic mass is 16.7. The van der Waals surface area contributed by atoms with Crippen molar-refractivity contribution in [2.24, 2.45) is 5.92 Å². The van der Waals surface area contributed by atoms with Crippen LogP contribution in [-0.2, 0) is 19.1 Å². The normalized spacial score (nSPS) is 14.9. The van der Waals surface area contributed by atoms with Gasteiger partial charge in [0.25, 0.3) is 0 Å². The molecule has 0 aliphatic carbocycles. The summed E-state index contributed by atoms with van der Waals surface area (Å²) in [6.07, 6.45) is 2.92. The van der Waals surface area contributed by atoms with E-state index in [4.69, 9.17) is 14.3 Å². The number of esters is 1. The number of aldehydes is 1. The highest BCUT2D eigenvalue weighted by Crippen LogP contribution is 2.25. The predicted octanol–water partition coefficient (Wildman–Crippen LogP) is 3.11. The number of hydrogen-bond acceptors (Lipinski definition) is 7. The molecule has 1 saturated heterocycles. The molecule has 2 rings (SSSR count). The summed E-state index contributed by atoms with van der Waals surface area (Å²) in [6.45, 7) is 7.02. The highest BCUT2D eigenvalue weighted by molar-refractivity contribution is 5.75. The Labute approximate surface area is 171 Å². The van der Waals surface area contributed by atoms with Crippen LogP contribution in [0.2, 0.25) is 0 Å². The number of benzene rings is 1. The van der Waals surface area contributed by atoms with Gasteiger partial charge in [-0.25, -0.2) is 9.59 Å². The molecule has 0 aromatic heterocycles. The molecule has 160 valence electrons. The van der Waals surface area contributed by atoms with Crippen molar-refractivity contribution < 1.29 is 28.7 Å². The molecule has 1 amide bonds. The Morgan fingerprint density at radius 3 is 2.41 bits per heavy atom. The second-order valence-corrected chi connectivity index (χ2v) is 8.04. The van der Waals surface area contributed by atoms with Gasteiger partial charge < -0.3 is 14.4 Å². The lowest BCUT2D eigenvalue weighted by Crippen LogP contribution is -2.34. The van der Waals surface area contributed by atoms with Crippen LogP contribution in [0.1, 0.15) is 50.4 Å². The number of amides is 1. The second kappa shape index (κ2) is 10.8. The second-order valence-electron chi connectivity index (χ2n) is 8.04. The van der Waals surface area contributed by atoms with Crippen molar-refractivity contribution in [2.75, 3.05) is 31.2 Å². The molecule has 1 N–H and O–H groups in total. The zero-order valence-corrected chi connectivity index (χ0v) is 17.3. The molecule has 1 aliphatic heterocycles. The highest BCUT2D eigenvalue weighted by Gasteiger charge is 2.20. The van der Waals surface area contributed by atoms with E-state index in [0.717, 1.165) is 44.3 Å². The van der Waals surface area contributed by atoms with Gasteiger partial charge in [-0.1, -0.05) is 0 Å². The van der Waals surface area contributed by atoms with Crippen molar-refractivity contribution in [1.82, 2.24) is 5.48 Å². The summed E-state index contributed by atoms with van der Waals surface area (Å²) in [6, 6.07) is 7.59. The van der Waals surface area contributed by atoms with Crippen LogP contribution in [0.25, 0.3) is 0 Å². The molecule has 1 fully saturated rings. The first-order valence-electron chi connectivity index (χ1n) is 9.83.